The lowest BCUT2D eigenvalue weighted by Gasteiger charge is -2.10. The van der Waals surface area contributed by atoms with Crippen LogP contribution in [0.15, 0.2) is 12.3 Å². The van der Waals surface area contributed by atoms with Gasteiger partial charge in [0, 0.05) is 32.9 Å². The molecule has 0 amide bonds. The number of aliphatic hydroxyl groups is 1. The van der Waals surface area contributed by atoms with Crippen LogP contribution in [0.2, 0.25) is 0 Å². The summed E-state index contributed by atoms with van der Waals surface area (Å²) in [7, 11) is 1.88. The molecule has 1 aromatic rings. The lowest BCUT2D eigenvalue weighted by atomic mass is 10.3. The summed E-state index contributed by atoms with van der Waals surface area (Å²) in [6.45, 7) is 4.12. The van der Waals surface area contributed by atoms with Crippen LogP contribution in [-0.2, 0) is 18.3 Å². The Bertz CT molecular complexity index is 275. The minimum absolute atomic E-state index is 0.381. The van der Waals surface area contributed by atoms with E-state index in [1.807, 2.05) is 26.2 Å². The largest absolute Gasteiger partial charge is 0.389 e. The zero-order chi connectivity index (χ0) is 11.1. The van der Waals surface area contributed by atoms with Gasteiger partial charge in [0.2, 0.25) is 0 Å². The third-order valence-electron chi connectivity index (χ3n) is 1.97. The Hall–Kier alpha value is -0.910. The van der Waals surface area contributed by atoms with Gasteiger partial charge >= 0.3 is 0 Å². The fourth-order valence-electron chi connectivity index (χ4n) is 1.24. The number of rotatable bonds is 7. The van der Waals surface area contributed by atoms with Crippen LogP contribution in [-0.4, -0.2) is 40.7 Å². The van der Waals surface area contributed by atoms with E-state index in [1.54, 1.807) is 4.68 Å². The quantitative estimate of drug-likeness (QED) is 0.664. The first kappa shape index (κ1) is 12.2. The molecule has 15 heavy (non-hydrogen) atoms. The van der Waals surface area contributed by atoms with Crippen molar-refractivity contribution in [2.24, 2.45) is 7.05 Å². The van der Waals surface area contributed by atoms with Gasteiger partial charge in [-0.15, -0.1) is 0 Å². The van der Waals surface area contributed by atoms with Crippen LogP contribution in [0.3, 0.4) is 0 Å². The molecule has 1 rings (SSSR count). The van der Waals surface area contributed by atoms with E-state index in [2.05, 4.69) is 10.4 Å². The summed E-state index contributed by atoms with van der Waals surface area (Å²) >= 11 is 0. The second kappa shape index (κ2) is 6.55. The van der Waals surface area contributed by atoms with E-state index < -0.39 is 6.10 Å². The Kier molecular flexibility index (Phi) is 5.31. The molecule has 0 radical (unpaired) electrons. The average Bonchev–Trinajstić information content (AvgIpc) is 2.61. The summed E-state index contributed by atoms with van der Waals surface area (Å²) < 4.78 is 6.85. The maximum atomic E-state index is 9.45. The minimum atomic E-state index is -0.450. The summed E-state index contributed by atoms with van der Waals surface area (Å²) in [5.74, 6) is 0. The van der Waals surface area contributed by atoms with E-state index in [0.717, 1.165) is 5.69 Å². The summed E-state index contributed by atoms with van der Waals surface area (Å²) in [6.07, 6.45) is 1.45. The molecule has 1 heterocycles. The Labute approximate surface area is 90.1 Å². The normalized spacial score (nSPS) is 13.0. The van der Waals surface area contributed by atoms with Crippen molar-refractivity contribution < 1.29 is 9.84 Å². The van der Waals surface area contributed by atoms with Crippen LogP contribution in [0.4, 0.5) is 0 Å². The molecule has 1 atom stereocenters. The van der Waals surface area contributed by atoms with Crippen LogP contribution in [0.25, 0.3) is 0 Å². The Morgan fingerprint density at radius 3 is 3.07 bits per heavy atom. The van der Waals surface area contributed by atoms with Crippen molar-refractivity contribution in [2.45, 2.75) is 19.6 Å². The molecule has 0 aliphatic rings. The molecular weight excluding hydrogens is 194 g/mol. The van der Waals surface area contributed by atoms with Gasteiger partial charge in [0.1, 0.15) is 0 Å². The van der Waals surface area contributed by atoms with E-state index in [9.17, 15) is 5.11 Å². The van der Waals surface area contributed by atoms with Crippen molar-refractivity contribution in [3.8, 4) is 0 Å². The van der Waals surface area contributed by atoms with Gasteiger partial charge < -0.3 is 15.2 Å². The minimum Gasteiger partial charge on any atom is -0.389 e. The third-order valence-corrected chi connectivity index (χ3v) is 1.97. The van der Waals surface area contributed by atoms with E-state index in [1.165, 1.54) is 0 Å². The summed E-state index contributed by atoms with van der Waals surface area (Å²) in [6, 6.07) is 1.95. The van der Waals surface area contributed by atoms with E-state index >= 15 is 0 Å². The molecule has 0 aliphatic carbocycles. The fraction of sp³-hybridized carbons (Fsp3) is 0.700. The highest BCUT2D eigenvalue weighted by molar-refractivity contribution is 4.97. The van der Waals surface area contributed by atoms with Gasteiger partial charge in [0.05, 0.1) is 18.4 Å². The first-order valence-electron chi connectivity index (χ1n) is 5.17. The summed E-state index contributed by atoms with van der Waals surface area (Å²) in [5, 5.41) is 16.8. The van der Waals surface area contributed by atoms with Gasteiger partial charge in [0.25, 0.3) is 0 Å². The fourth-order valence-corrected chi connectivity index (χ4v) is 1.24. The summed E-state index contributed by atoms with van der Waals surface area (Å²) in [5.41, 5.74) is 0.973. The predicted octanol–water partition coefficient (Wildman–Crippen LogP) is -0.0929. The van der Waals surface area contributed by atoms with Gasteiger partial charge in [0.15, 0.2) is 0 Å². The van der Waals surface area contributed by atoms with Crippen LogP contribution in [0.5, 0.6) is 0 Å². The number of aromatic nitrogens is 2. The number of aliphatic hydroxyl groups excluding tert-OH is 1. The molecule has 0 aliphatic heterocycles. The molecule has 86 valence electrons. The predicted molar refractivity (Wildman–Crippen MR) is 57.4 cm³/mol. The molecule has 0 saturated heterocycles. The van der Waals surface area contributed by atoms with Crippen LogP contribution in [0, 0.1) is 0 Å². The number of hydrogen-bond acceptors (Lipinski definition) is 4. The average molecular weight is 213 g/mol. The molecule has 0 fully saturated rings. The Balaban J connectivity index is 2.10. The molecule has 2 N–H and O–H groups in total. The van der Waals surface area contributed by atoms with Gasteiger partial charge in [-0.2, -0.15) is 5.10 Å². The standard InChI is InChI=1S/C10H19N3O2/c1-3-15-8-10(14)7-11-6-9-4-5-13(2)12-9/h4-5,10-11,14H,3,6-8H2,1-2H3. The van der Waals surface area contributed by atoms with Crippen molar-refractivity contribution >= 4 is 0 Å². The highest BCUT2D eigenvalue weighted by Crippen LogP contribution is 1.93. The van der Waals surface area contributed by atoms with Crippen molar-refractivity contribution in [1.82, 2.24) is 15.1 Å². The molecule has 0 spiro atoms. The molecule has 1 unspecified atom stereocenters. The van der Waals surface area contributed by atoms with Gasteiger partial charge in [-0.05, 0) is 13.0 Å². The molecular formula is C10H19N3O2. The van der Waals surface area contributed by atoms with Crippen LogP contribution >= 0.6 is 0 Å². The molecule has 0 aromatic carbocycles. The summed E-state index contributed by atoms with van der Waals surface area (Å²) in [4.78, 5) is 0. The molecule has 0 bridgehead atoms. The van der Waals surface area contributed by atoms with Gasteiger partial charge in [-0.1, -0.05) is 0 Å². The van der Waals surface area contributed by atoms with Crippen LogP contribution in [0.1, 0.15) is 12.6 Å². The molecule has 1 aromatic heterocycles. The number of hydrogen-bond donors (Lipinski definition) is 2. The Morgan fingerprint density at radius 2 is 2.47 bits per heavy atom. The number of nitrogens with zero attached hydrogens (tertiary/aromatic N) is 2. The second-order valence-corrected chi connectivity index (χ2v) is 3.42. The smallest absolute Gasteiger partial charge is 0.0897 e. The van der Waals surface area contributed by atoms with Crippen molar-refractivity contribution in [1.29, 1.82) is 0 Å². The lowest BCUT2D eigenvalue weighted by molar-refractivity contribution is 0.0427. The van der Waals surface area contributed by atoms with Crippen molar-refractivity contribution in [3.63, 3.8) is 0 Å². The van der Waals surface area contributed by atoms with E-state index in [-0.39, 0.29) is 0 Å². The number of aryl methyl sites for hydroxylation is 1. The first-order chi connectivity index (χ1) is 7.22. The second-order valence-electron chi connectivity index (χ2n) is 3.42. The first-order valence-corrected chi connectivity index (χ1v) is 5.17. The maximum absolute atomic E-state index is 9.45. The zero-order valence-electron chi connectivity index (χ0n) is 9.31. The van der Waals surface area contributed by atoms with Crippen LogP contribution < -0.4 is 5.32 Å². The topological polar surface area (TPSA) is 59.3 Å². The SMILES string of the molecule is CCOCC(O)CNCc1ccn(C)n1. The molecule has 5 heteroatoms. The molecule has 5 nitrogen and oxygen atoms in total. The van der Waals surface area contributed by atoms with Crippen molar-refractivity contribution in [2.75, 3.05) is 19.8 Å². The van der Waals surface area contributed by atoms with E-state index in [4.69, 9.17) is 4.74 Å². The van der Waals surface area contributed by atoms with E-state index in [0.29, 0.717) is 26.3 Å². The maximum Gasteiger partial charge on any atom is 0.0897 e. The zero-order valence-corrected chi connectivity index (χ0v) is 9.31. The Morgan fingerprint density at radius 1 is 1.67 bits per heavy atom. The third kappa shape index (κ3) is 4.92. The number of nitrogens with one attached hydrogen (secondary N) is 1. The lowest BCUT2D eigenvalue weighted by Crippen LogP contribution is -2.30. The van der Waals surface area contributed by atoms with Gasteiger partial charge in [-0.25, -0.2) is 0 Å². The monoisotopic (exact) mass is 213 g/mol. The highest BCUT2D eigenvalue weighted by Gasteiger charge is 2.03. The number of ether oxygens (including phenoxy) is 1. The highest BCUT2D eigenvalue weighted by atomic mass is 16.5. The van der Waals surface area contributed by atoms with Crippen molar-refractivity contribution in [3.05, 3.63) is 18.0 Å². The molecule has 0 saturated carbocycles. The van der Waals surface area contributed by atoms with Gasteiger partial charge in [-0.3, -0.25) is 4.68 Å².